The fourth-order valence-electron chi connectivity index (χ4n) is 3.09. The van der Waals surface area contributed by atoms with Gasteiger partial charge in [0, 0.05) is 17.0 Å². The largest absolute Gasteiger partial charge is 0.507 e. The second-order valence-electron chi connectivity index (χ2n) is 7.58. The number of methoxy groups -OCH3 is 1. The summed E-state index contributed by atoms with van der Waals surface area (Å²) in [6.07, 6.45) is 0.351. The molecule has 1 heterocycles. The van der Waals surface area contributed by atoms with Crippen molar-refractivity contribution in [2.45, 2.75) is 39.0 Å². The maximum Gasteiger partial charge on any atom is 0.305 e. The molecule has 28 heavy (non-hydrogen) atoms. The van der Waals surface area contributed by atoms with Gasteiger partial charge in [-0.05, 0) is 41.7 Å². The number of aromatic nitrogens is 3. The van der Waals surface area contributed by atoms with Gasteiger partial charge in [0.05, 0.1) is 7.11 Å². The lowest BCUT2D eigenvalue weighted by atomic mass is 9.83. The van der Waals surface area contributed by atoms with Crippen LogP contribution in [0.25, 0.3) is 16.7 Å². The van der Waals surface area contributed by atoms with E-state index in [1.165, 1.54) is 11.9 Å². The third-order valence-electron chi connectivity index (χ3n) is 4.47. The summed E-state index contributed by atoms with van der Waals surface area (Å²) in [4.78, 5) is 12.9. The van der Waals surface area contributed by atoms with Crippen molar-refractivity contribution in [2.75, 3.05) is 7.11 Å². The van der Waals surface area contributed by atoms with E-state index >= 15 is 0 Å². The average Bonchev–Trinajstić information content (AvgIpc) is 3.02. The Morgan fingerprint density at radius 2 is 1.82 bits per heavy atom. The molecule has 0 spiro atoms. The standard InChI is InChI=1S/C20H22ClN3O4/c1-20(2,3)17-18(26)11(5-8-16(25)28-4)9-15(19(17)27)24-22-13-7-6-12(21)10-14(13)23-24/h6-7,9-10,26-27H,5,8H2,1-4H3. The Balaban J connectivity index is 2.19. The number of benzene rings is 2. The van der Waals surface area contributed by atoms with Crippen molar-refractivity contribution in [3.8, 4) is 17.2 Å². The number of aryl methyl sites for hydroxylation is 1. The first-order valence-electron chi connectivity index (χ1n) is 8.80. The number of carbonyl (C=O) groups is 1. The molecule has 2 aromatic carbocycles. The van der Waals surface area contributed by atoms with E-state index in [1.54, 1.807) is 24.3 Å². The fourth-order valence-corrected chi connectivity index (χ4v) is 3.26. The Labute approximate surface area is 167 Å². The van der Waals surface area contributed by atoms with Crippen molar-refractivity contribution in [2.24, 2.45) is 0 Å². The molecule has 3 rings (SSSR count). The zero-order valence-electron chi connectivity index (χ0n) is 16.2. The molecular weight excluding hydrogens is 382 g/mol. The Kier molecular flexibility index (Phi) is 5.21. The van der Waals surface area contributed by atoms with E-state index in [0.29, 0.717) is 32.9 Å². The minimum absolute atomic E-state index is 0.0441. The number of esters is 1. The fraction of sp³-hybridized carbons (Fsp3) is 0.350. The predicted molar refractivity (Wildman–Crippen MR) is 106 cm³/mol. The number of ether oxygens (including phenoxy) is 1. The number of phenols is 2. The number of aromatic hydroxyl groups is 2. The van der Waals surface area contributed by atoms with Crippen molar-refractivity contribution >= 4 is 28.6 Å². The van der Waals surface area contributed by atoms with Gasteiger partial charge in [0.1, 0.15) is 22.5 Å². The predicted octanol–water partition coefficient (Wildman–Crippen LogP) is 3.89. The summed E-state index contributed by atoms with van der Waals surface area (Å²) in [5.74, 6) is -0.542. The van der Waals surface area contributed by atoms with E-state index in [4.69, 9.17) is 11.6 Å². The summed E-state index contributed by atoms with van der Waals surface area (Å²) >= 11 is 6.02. The molecule has 0 aliphatic heterocycles. The summed E-state index contributed by atoms with van der Waals surface area (Å²) in [6, 6.07) is 6.72. The molecule has 0 saturated heterocycles. The minimum atomic E-state index is -0.555. The average molecular weight is 404 g/mol. The number of carbonyl (C=O) groups excluding carboxylic acids is 1. The van der Waals surface area contributed by atoms with E-state index in [1.807, 2.05) is 20.8 Å². The van der Waals surface area contributed by atoms with Gasteiger partial charge in [0.25, 0.3) is 0 Å². The highest BCUT2D eigenvalue weighted by atomic mass is 35.5. The lowest BCUT2D eigenvalue weighted by Crippen LogP contribution is -2.15. The molecule has 0 saturated carbocycles. The van der Waals surface area contributed by atoms with Gasteiger partial charge in [-0.15, -0.1) is 15.0 Å². The molecule has 0 fully saturated rings. The number of phenolic OH excluding ortho intramolecular Hbond substituents is 2. The van der Waals surface area contributed by atoms with Crippen molar-refractivity contribution in [1.82, 2.24) is 15.0 Å². The molecule has 0 atom stereocenters. The van der Waals surface area contributed by atoms with Gasteiger partial charge in [0.2, 0.25) is 0 Å². The van der Waals surface area contributed by atoms with Gasteiger partial charge in [-0.1, -0.05) is 32.4 Å². The SMILES string of the molecule is COC(=O)CCc1cc(-n2nc3ccc(Cl)cc3n2)c(O)c(C(C)(C)C)c1O. The van der Waals surface area contributed by atoms with E-state index in [0.717, 1.165) is 0 Å². The molecule has 0 unspecified atom stereocenters. The first kappa shape index (κ1) is 19.9. The summed E-state index contributed by atoms with van der Waals surface area (Å²) in [7, 11) is 1.31. The van der Waals surface area contributed by atoms with Gasteiger partial charge in [-0.3, -0.25) is 4.79 Å². The van der Waals surface area contributed by atoms with Crippen molar-refractivity contribution < 1.29 is 19.7 Å². The van der Waals surface area contributed by atoms with E-state index in [2.05, 4.69) is 14.9 Å². The molecule has 2 N–H and O–H groups in total. The van der Waals surface area contributed by atoms with Gasteiger partial charge < -0.3 is 14.9 Å². The zero-order chi connectivity index (χ0) is 20.6. The number of halogens is 1. The molecule has 0 aliphatic rings. The van der Waals surface area contributed by atoms with Crippen LogP contribution in [0, 0.1) is 0 Å². The molecule has 0 radical (unpaired) electrons. The molecule has 8 heteroatoms. The first-order valence-corrected chi connectivity index (χ1v) is 9.17. The van der Waals surface area contributed by atoms with Crippen LogP contribution in [0.3, 0.4) is 0 Å². The molecule has 0 amide bonds. The summed E-state index contributed by atoms with van der Waals surface area (Å²) in [5, 5.41) is 31.0. The molecule has 3 aromatic rings. The molecule has 148 valence electrons. The molecule has 0 bridgehead atoms. The Hall–Kier alpha value is -2.80. The highest BCUT2D eigenvalue weighted by molar-refractivity contribution is 6.31. The number of hydrogen-bond donors (Lipinski definition) is 2. The van der Waals surface area contributed by atoms with Crippen LogP contribution in [0.4, 0.5) is 0 Å². The lowest BCUT2D eigenvalue weighted by molar-refractivity contribution is -0.140. The summed E-state index contributed by atoms with van der Waals surface area (Å²) in [6.45, 7) is 5.63. The van der Waals surface area contributed by atoms with Crippen LogP contribution in [0.2, 0.25) is 5.02 Å². The highest BCUT2D eigenvalue weighted by Gasteiger charge is 2.28. The Morgan fingerprint density at radius 3 is 2.46 bits per heavy atom. The normalized spacial score (nSPS) is 11.8. The van der Waals surface area contributed by atoms with E-state index in [-0.39, 0.29) is 30.3 Å². The minimum Gasteiger partial charge on any atom is -0.507 e. The van der Waals surface area contributed by atoms with Crippen LogP contribution in [-0.4, -0.2) is 38.3 Å². The number of fused-ring (bicyclic) bond motifs is 1. The van der Waals surface area contributed by atoms with Gasteiger partial charge in [0.15, 0.2) is 5.75 Å². The first-order chi connectivity index (χ1) is 13.1. The Bertz CT molecular complexity index is 1050. The number of hydrogen-bond acceptors (Lipinski definition) is 6. The van der Waals surface area contributed by atoms with Gasteiger partial charge in [-0.2, -0.15) is 0 Å². The van der Waals surface area contributed by atoms with Crippen molar-refractivity contribution in [3.63, 3.8) is 0 Å². The zero-order valence-corrected chi connectivity index (χ0v) is 16.9. The van der Waals surface area contributed by atoms with E-state index in [9.17, 15) is 15.0 Å². The lowest BCUT2D eigenvalue weighted by Gasteiger charge is -2.24. The summed E-state index contributed by atoms with van der Waals surface area (Å²) in [5.41, 5.74) is 1.82. The quantitative estimate of drug-likeness (QED) is 0.641. The van der Waals surface area contributed by atoms with Crippen LogP contribution in [0.1, 0.15) is 38.3 Å². The molecule has 1 aromatic heterocycles. The second-order valence-corrected chi connectivity index (χ2v) is 8.01. The summed E-state index contributed by atoms with van der Waals surface area (Å²) < 4.78 is 4.69. The van der Waals surface area contributed by atoms with Crippen molar-refractivity contribution in [3.05, 3.63) is 40.4 Å². The third kappa shape index (κ3) is 3.75. The maximum atomic E-state index is 11.6. The number of rotatable bonds is 4. The van der Waals surface area contributed by atoms with Gasteiger partial charge in [-0.25, -0.2) is 0 Å². The van der Waals surface area contributed by atoms with Crippen LogP contribution in [-0.2, 0) is 21.4 Å². The third-order valence-corrected chi connectivity index (χ3v) is 4.70. The van der Waals surface area contributed by atoms with Crippen LogP contribution in [0.5, 0.6) is 11.5 Å². The van der Waals surface area contributed by atoms with Gasteiger partial charge >= 0.3 is 5.97 Å². The van der Waals surface area contributed by atoms with Crippen LogP contribution < -0.4 is 0 Å². The smallest absolute Gasteiger partial charge is 0.305 e. The number of nitrogens with zero attached hydrogens (tertiary/aromatic N) is 3. The highest BCUT2D eigenvalue weighted by Crippen LogP contribution is 2.43. The monoisotopic (exact) mass is 403 g/mol. The second kappa shape index (κ2) is 7.31. The maximum absolute atomic E-state index is 11.6. The van der Waals surface area contributed by atoms with Crippen LogP contribution >= 0.6 is 11.6 Å². The Morgan fingerprint density at radius 1 is 1.14 bits per heavy atom. The van der Waals surface area contributed by atoms with Crippen LogP contribution in [0.15, 0.2) is 24.3 Å². The molecule has 7 nitrogen and oxygen atoms in total. The molecule has 0 aliphatic carbocycles. The van der Waals surface area contributed by atoms with E-state index < -0.39 is 5.41 Å². The molecular formula is C20H22ClN3O4. The van der Waals surface area contributed by atoms with Crippen molar-refractivity contribution in [1.29, 1.82) is 0 Å². The topological polar surface area (TPSA) is 97.5 Å².